The lowest BCUT2D eigenvalue weighted by atomic mass is 9.84. The van der Waals surface area contributed by atoms with Crippen LogP contribution in [0.4, 0.5) is 0 Å². The highest BCUT2D eigenvalue weighted by atomic mass is 14.7. The highest BCUT2D eigenvalue weighted by Crippen LogP contribution is 2.47. The molecular formula is C25H20N. The van der Waals surface area contributed by atoms with Gasteiger partial charge < -0.3 is 0 Å². The molecule has 3 aliphatic rings. The van der Waals surface area contributed by atoms with Crippen molar-refractivity contribution in [2.24, 2.45) is 4.99 Å². The maximum absolute atomic E-state index is 4.63. The molecule has 1 heterocycles. The Balaban J connectivity index is 1.65. The Morgan fingerprint density at radius 1 is 0.808 bits per heavy atom. The molecule has 0 unspecified atom stereocenters. The van der Waals surface area contributed by atoms with Gasteiger partial charge in [-0.1, -0.05) is 59.7 Å². The maximum Gasteiger partial charge on any atom is 0.0750 e. The van der Waals surface area contributed by atoms with Gasteiger partial charge in [0.25, 0.3) is 0 Å². The van der Waals surface area contributed by atoms with Crippen LogP contribution in [0.1, 0.15) is 30.5 Å². The van der Waals surface area contributed by atoms with Crippen molar-refractivity contribution in [1.29, 1.82) is 0 Å². The Morgan fingerprint density at radius 3 is 2.38 bits per heavy atom. The lowest BCUT2D eigenvalue weighted by Crippen LogP contribution is -2.11. The number of rotatable bonds is 2. The van der Waals surface area contributed by atoms with Gasteiger partial charge in [-0.2, -0.15) is 0 Å². The lowest BCUT2D eigenvalue weighted by molar-refractivity contribution is 1.23. The van der Waals surface area contributed by atoms with Crippen molar-refractivity contribution < 1.29 is 0 Å². The average Bonchev–Trinajstić information content (AvgIpc) is 3.28. The number of hydrogen-bond acceptors (Lipinski definition) is 1. The van der Waals surface area contributed by atoms with Crippen molar-refractivity contribution in [3.63, 3.8) is 0 Å². The third-order valence-electron chi connectivity index (χ3n) is 5.48. The van der Waals surface area contributed by atoms with E-state index in [4.69, 9.17) is 0 Å². The highest BCUT2D eigenvalue weighted by Gasteiger charge is 2.35. The van der Waals surface area contributed by atoms with Crippen molar-refractivity contribution in [3.8, 4) is 11.1 Å². The summed E-state index contributed by atoms with van der Waals surface area (Å²) in [5.41, 5.74) is 12.8. The van der Waals surface area contributed by atoms with E-state index in [2.05, 4.69) is 86.5 Å². The number of allylic oxidation sites excluding steroid dienone is 6. The first-order valence-corrected chi connectivity index (χ1v) is 9.07. The first kappa shape index (κ1) is 15.3. The molecular weight excluding hydrogens is 314 g/mol. The molecule has 5 rings (SSSR count). The molecule has 0 spiro atoms. The predicted octanol–water partition coefficient (Wildman–Crippen LogP) is 6.23. The third kappa shape index (κ3) is 2.13. The molecule has 1 radical (unpaired) electrons. The third-order valence-corrected chi connectivity index (χ3v) is 5.48. The largest absolute Gasteiger partial charge is 0.256 e. The summed E-state index contributed by atoms with van der Waals surface area (Å²) in [6, 6.07) is 15.5. The number of aliphatic imine (C=N–C) groups is 1. The van der Waals surface area contributed by atoms with Crippen molar-refractivity contribution in [1.82, 2.24) is 0 Å². The van der Waals surface area contributed by atoms with Crippen molar-refractivity contribution in [2.45, 2.75) is 20.8 Å². The SMILES string of the molecule is CC1=Cc2c(cccc2-c2ccc(C)cc2)[C]1C1=C(C)C=C2C=CN=C21. The van der Waals surface area contributed by atoms with Crippen LogP contribution in [0.5, 0.6) is 0 Å². The number of fused-ring (bicyclic) bond motifs is 2. The topological polar surface area (TPSA) is 12.4 Å². The molecule has 1 aliphatic heterocycles. The Hall–Kier alpha value is -2.93. The summed E-state index contributed by atoms with van der Waals surface area (Å²) in [7, 11) is 0. The average molecular weight is 334 g/mol. The summed E-state index contributed by atoms with van der Waals surface area (Å²) in [4.78, 5) is 4.63. The smallest absolute Gasteiger partial charge is 0.0750 e. The van der Waals surface area contributed by atoms with Gasteiger partial charge in [0.2, 0.25) is 0 Å². The quantitative estimate of drug-likeness (QED) is 0.617. The zero-order valence-corrected chi connectivity index (χ0v) is 15.3. The summed E-state index contributed by atoms with van der Waals surface area (Å²) < 4.78 is 0. The van der Waals surface area contributed by atoms with Crippen LogP contribution in [0.2, 0.25) is 0 Å². The second-order valence-electron chi connectivity index (χ2n) is 7.29. The van der Waals surface area contributed by atoms with Gasteiger partial charge in [-0.3, -0.25) is 4.99 Å². The van der Waals surface area contributed by atoms with Gasteiger partial charge in [-0.05, 0) is 66.3 Å². The van der Waals surface area contributed by atoms with Crippen LogP contribution in [0, 0.1) is 12.8 Å². The van der Waals surface area contributed by atoms with Crippen LogP contribution in [0.25, 0.3) is 17.2 Å². The van der Waals surface area contributed by atoms with Crippen LogP contribution in [0.15, 0.2) is 88.1 Å². The van der Waals surface area contributed by atoms with E-state index < -0.39 is 0 Å². The molecule has 1 nitrogen and oxygen atoms in total. The molecule has 2 aromatic rings. The van der Waals surface area contributed by atoms with E-state index in [9.17, 15) is 0 Å². The Labute approximate surface area is 154 Å². The van der Waals surface area contributed by atoms with E-state index in [1.807, 2.05) is 6.20 Å². The van der Waals surface area contributed by atoms with Gasteiger partial charge in [-0.25, -0.2) is 0 Å². The summed E-state index contributed by atoms with van der Waals surface area (Å²) in [5.74, 6) is 1.33. The summed E-state index contributed by atoms with van der Waals surface area (Å²) in [6.45, 7) is 6.54. The van der Waals surface area contributed by atoms with Crippen LogP contribution in [0.3, 0.4) is 0 Å². The molecule has 0 amide bonds. The molecule has 2 aliphatic carbocycles. The minimum Gasteiger partial charge on any atom is -0.256 e. The van der Waals surface area contributed by atoms with E-state index >= 15 is 0 Å². The second kappa shape index (κ2) is 5.54. The lowest BCUT2D eigenvalue weighted by Gasteiger charge is -2.18. The molecule has 0 bridgehead atoms. The summed E-state index contributed by atoms with van der Waals surface area (Å²) in [6.07, 6.45) is 8.59. The first-order valence-electron chi connectivity index (χ1n) is 9.07. The summed E-state index contributed by atoms with van der Waals surface area (Å²) in [5, 5.41) is 0. The van der Waals surface area contributed by atoms with E-state index in [0.717, 1.165) is 5.71 Å². The van der Waals surface area contributed by atoms with E-state index in [1.54, 1.807) is 0 Å². The zero-order chi connectivity index (χ0) is 17.8. The number of benzene rings is 2. The Bertz CT molecular complexity index is 1090. The number of aryl methyl sites for hydroxylation is 1. The molecule has 1 heteroatoms. The van der Waals surface area contributed by atoms with Gasteiger partial charge in [0.1, 0.15) is 0 Å². The number of hydrogen-bond donors (Lipinski definition) is 0. The van der Waals surface area contributed by atoms with Gasteiger partial charge in [0.15, 0.2) is 0 Å². The van der Waals surface area contributed by atoms with Crippen molar-refractivity contribution in [3.05, 3.63) is 106 Å². The minimum atomic E-state index is 1.12. The van der Waals surface area contributed by atoms with Crippen LogP contribution in [-0.2, 0) is 0 Å². The molecule has 0 saturated carbocycles. The normalized spacial score (nSPS) is 18.0. The Kier molecular flexibility index (Phi) is 3.27. The highest BCUT2D eigenvalue weighted by molar-refractivity contribution is 6.22. The molecule has 0 saturated heterocycles. The van der Waals surface area contributed by atoms with Crippen molar-refractivity contribution in [2.75, 3.05) is 0 Å². The molecule has 26 heavy (non-hydrogen) atoms. The van der Waals surface area contributed by atoms with Crippen molar-refractivity contribution >= 4 is 11.8 Å². The van der Waals surface area contributed by atoms with Gasteiger partial charge in [0, 0.05) is 11.8 Å². The van der Waals surface area contributed by atoms with Gasteiger partial charge in [-0.15, -0.1) is 0 Å². The maximum atomic E-state index is 4.63. The second-order valence-corrected chi connectivity index (χ2v) is 7.29. The van der Waals surface area contributed by atoms with Crippen LogP contribution < -0.4 is 0 Å². The fourth-order valence-electron chi connectivity index (χ4n) is 4.24. The summed E-state index contributed by atoms with van der Waals surface area (Å²) >= 11 is 0. The fourth-order valence-corrected chi connectivity index (χ4v) is 4.24. The zero-order valence-electron chi connectivity index (χ0n) is 15.3. The molecule has 0 atom stereocenters. The van der Waals surface area contributed by atoms with Gasteiger partial charge >= 0.3 is 0 Å². The minimum absolute atomic E-state index is 1.12. The predicted molar refractivity (Wildman–Crippen MR) is 110 cm³/mol. The molecule has 0 N–H and O–H groups in total. The fraction of sp³-hybridized carbons (Fsp3) is 0.120. The van der Waals surface area contributed by atoms with Crippen LogP contribution >= 0.6 is 0 Å². The number of nitrogens with zero attached hydrogens (tertiary/aromatic N) is 1. The van der Waals surface area contributed by atoms with E-state index in [1.165, 1.54) is 56.0 Å². The molecule has 0 fully saturated rings. The van der Waals surface area contributed by atoms with Crippen LogP contribution in [-0.4, -0.2) is 5.71 Å². The standard InChI is InChI=1S/C25H20N/c1-15-7-9-18(10-8-15)20-5-4-6-21-22(20)14-17(3)23(21)24-16(2)13-19-11-12-26-25(19)24/h4-14H,1-3H3. The monoisotopic (exact) mass is 334 g/mol. The van der Waals surface area contributed by atoms with Gasteiger partial charge in [0.05, 0.1) is 11.6 Å². The molecule has 0 aromatic heterocycles. The first-order chi connectivity index (χ1) is 12.6. The van der Waals surface area contributed by atoms with E-state index in [0.29, 0.717) is 0 Å². The molecule has 2 aromatic carbocycles. The molecule has 125 valence electrons. The van der Waals surface area contributed by atoms with E-state index in [-0.39, 0.29) is 0 Å². The Morgan fingerprint density at radius 2 is 1.58 bits per heavy atom.